The zero-order valence-corrected chi connectivity index (χ0v) is 12.5. The number of amides is 1. The fourth-order valence-corrected chi connectivity index (χ4v) is 2.20. The van der Waals surface area contributed by atoms with E-state index in [0.29, 0.717) is 23.6 Å². The first-order valence-electron chi connectivity index (χ1n) is 6.53. The molecule has 0 aromatic heterocycles. The van der Waals surface area contributed by atoms with E-state index in [1.54, 1.807) is 30.1 Å². The number of carbonyl (C=O) groups excluding carboxylic acids is 1. The maximum absolute atomic E-state index is 12.4. The summed E-state index contributed by atoms with van der Waals surface area (Å²) in [6.45, 7) is 0.496. The lowest BCUT2D eigenvalue weighted by molar-refractivity contribution is 0.0785. The molecule has 4 heteroatoms. The molecular weight excluding hydrogens is 284 g/mol. The summed E-state index contributed by atoms with van der Waals surface area (Å²) in [5.41, 5.74) is 3.15. The first-order valence-corrected chi connectivity index (χ1v) is 7.07. The molecule has 2 aromatic carbocycles. The molecule has 0 saturated heterocycles. The van der Waals surface area contributed by atoms with Gasteiger partial charge in [-0.1, -0.05) is 24.3 Å². The number of rotatable bonds is 4. The smallest absolute Gasteiger partial charge is 0.253 e. The highest BCUT2D eigenvalue weighted by Gasteiger charge is 2.12. The summed E-state index contributed by atoms with van der Waals surface area (Å²) in [5, 5.41) is 8.77. The van der Waals surface area contributed by atoms with E-state index in [2.05, 4.69) is 6.07 Å². The van der Waals surface area contributed by atoms with Crippen LogP contribution in [-0.4, -0.2) is 17.9 Å². The Hall–Kier alpha value is -2.31. The van der Waals surface area contributed by atoms with E-state index in [1.165, 1.54) is 0 Å². The third-order valence-corrected chi connectivity index (χ3v) is 3.49. The van der Waals surface area contributed by atoms with Gasteiger partial charge in [0.2, 0.25) is 0 Å². The lowest BCUT2D eigenvalue weighted by Crippen LogP contribution is -2.26. The zero-order chi connectivity index (χ0) is 15.2. The van der Waals surface area contributed by atoms with Gasteiger partial charge in [0.25, 0.3) is 5.91 Å². The number of carbonyl (C=O) groups is 1. The van der Waals surface area contributed by atoms with Crippen LogP contribution in [0.1, 0.15) is 27.0 Å². The summed E-state index contributed by atoms with van der Waals surface area (Å²) in [4.78, 5) is 14.0. The van der Waals surface area contributed by atoms with Crippen molar-refractivity contribution in [3.8, 4) is 6.07 Å². The third kappa shape index (κ3) is 3.84. The zero-order valence-electron chi connectivity index (χ0n) is 11.7. The normalized spacial score (nSPS) is 9.95. The van der Waals surface area contributed by atoms with Crippen LogP contribution < -0.4 is 0 Å². The molecule has 3 nitrogen and oxygen atoms in total. The molecule has 0 bridgehead atoms. The summed E-state index contributed by atoms with van der Waals surface area (Å²) in [7, 11) is 1.76. The highest BCUT2D eigenvalue weighted by molar-refractivity contribution is 6.17. The second kappa shape index (κ2) is 6.92. The Balaban J connectivity index is 2.09. The van der Waals surface area contributed by atoms with Gasteiger partial charge in [0.05, 0.1) is 11.6 Å². The van der Waals surface area contributed by atoms with Gasteiger partial charge in [-0.05, 0) is 35.4 Å². The topological polar surface area (TPSA) is 44.1 Å². The SMILES string of the molecule is CN(Cc1ccc(C#N)cc1)C(=O)c1cccc(CCl)c1. The summed E-state index contributed by atoms with van der Waals surface area (Å²) in [5.74, 6) is 0.340. The lowest BCUT2D eigenvalue weighted by Gasteiger charge is -2.17. The fourth-order valence-electron chi connectivity index (χ4n) is 2.04. The highest BCUT2D eigenvalue weighted by atomic mass is 35.5. The Labute approximate surface area is 129 Å². The standard InChI is InChI=1S/C17H15ClN2O/c1-20(12-14-7-5-13(11-19)6-8-14)17(21)16-4-2-3-15(9-16)10-18/h2-9H,10,12H2,1H3. The number of hydrogen-bond acceptors (Lipinski definition) is 2. The van der Waals surface area contributed by atoms with Gasteiger partial charge in [-0.3, -0.25) is 4.79 Å². The molecule has 0 aliphatic rings. The van der Waals surface area contributed by atoms with Gasteiger partial charge in [-0.15, -0.1) is 11.6 Å². The van der Waals surface area contributed by atoms with Gasteiger partial charge < -0.3 is 4.90 Å². The average Bonchev–Trinajstić information content (AvgIpc) is 2.54. The second-order valence-corrected chi connectivity index (χ2v) is 5.07. The minimum Gasteiger partial charge on any atom is -0.337 e. The number of alkyl halides is 1. The third-order valence-electron chi connectivity index (χ3n) is 3.18. The monoisotopic (exact) mass is 298 g/mol. The van der Waals surface area contributed by atoms with Crippen LogP contribution in [0, 0.1) is 11.3 Å². The van der Waals surface area contributed by atoms with Crippen molar-refractivity contribution in [3.63, 3.8) is 0 Å². The minimum atomic E-state index is -0.0497. The van der Waals surface area contributed by atoms with E-state index in [0.717, 1.165) is 11.1 Å². The van der Waals surface area contributed by atoms with E-state index in [1.807, 2.05) is 30.3 Å². The van der Waals surface area contributed by atoms with Crippen molar-refractivity contribution < 1.29 is 4.79 Å². The van der Waals surface area contributed by atoms with Crippen LogP contribution in [0.2, 0.25) is 0 Å². The van der Waals surface area contributed by atoms with E-state index in [-0.39, 0.29) is 5.91 Å². The molecule has 0 radical (unpaired) electrons. The average molecular weight is 299 g/mol. The summed E-state index contributed by atoms with van der Waals surface area (Å²) >= 11 is 5.79. The molecule has 0 saturated carbocycles. The molecule has 106 valence electrons. The van der Waals surface area contributed by atoms with Gasteiger partial charge in [-0.25, -0.2) is 0 Å². The molecule has 0 aliphatic heterocycles. The van der Waals surface area contributed by atoms with E-state index >= 15 is 0 Å². The van der Waals surface area contributed by atoms with Crippen LogP contribution in [0.5, 0.6) is 0 Å². The predicted octanol–water partition coefficient (Wildman–Crippen LogP) is 3.57. The van der Waals surface area contributed by atoms with Crippen LogP contribution in [0.15, 0.2) is 48.5 Å². The van der Waals surface area contributed by atoms with Crippen molar-refractivity contribution >= 4 is 17.5 Å². The van der Waals surface area contributed by atoms with Gasteiger partial charge in [0, 0.05) is 25.0 Å². The van der Waals surface area contributed by atoms with Gasteiger partial charge in [0.15, 0.2) is 0 Å². The Kier molecular flexibility index (Phi) is 4.97. The number of nitrogens with zero attached hydrogens (tertiary/aromatic N) is 2. The summed E-state index contributed by atoms with van der Waals surface area (Å²) < 4.78 is 0. The van der Waals surface area contributed by atoms with Crippen LogP contribution in [0.25, 0.3) is 0 Å². The fraction of sp³-hybridized carbons (Fsp3) is 0.176. The predicted molar refractivity (Wildman–Crippen MR) is 83.0 cm³/mol. The molecule has 0 fully saturated rings. The molecular formula is C17H15ClN2O. The minimum absolute atomic E-state index is 0.0497. The van der Waals surface area contributed by atoms with Gasteiger partial charge in [-0.2, -0.15) is 5.26 Å². The maximum Gasteiger partial charge on any atom is 0.253 e. The first kappa shape index (κ1) is 15.1. The Morgan fingerprint density at radius 3 is 2.52 bits per heavy atom. The molecule has 0 spiro atoms. The Morgan fingerprint density at radius 1 is 1.19 bits per heavy atom. The van der Waals surface area contributed by atoms with Crippen molar-refractivity contribution in [3.05, 3.63) is 70.8 Å². The molecule has 0 heterocycles. The molecule has 0 N–H and O–H groups in total. The Bertz CT molecular complexity index is 674. The molecule has 2 aromatic rings. The summed E-state index contributed by atoms with van der Waals surface area (Å²) in [6, 6.07) is 16.6. The number of benzene rings is 2. The lowest BCUT2D eigenvalue weighted by atomic mass is 10.1. The summed E-state index contributed by atoms with van der Waals surface area (Å²) in [6.07, 6.45) is 0. The van der Waals surface area contributed by atoms with E-state index in [4.69, 9.17) is 16.9 Å². The maximum atomic E-state index is 12.4. The number of halogens is 1. The largest absolute Gasteiger partial charge is 0.337 e. The molecule has 21 heavy (non-hydrogen) atoms. The second-order valence-electron chi connectivity index (χ2n) is 4.80. The molecule has 0 atom stereocenters. The van der Waals surface area contributed by atoms with E-state index in [9.17, 15) is 4.79 Å². The van der Waals surface area contributed by atoms with Crippen LogP contribution in [-0.2, 0) is 12.4 Å². The van der Waals surface area contributed by atoms with Crippen LogP contribution in [0.4, 0.5) is 0 Å². The van der Waals surface area contributed by atoms with Crippen molar-refractivity contribution in [1.29, 1.82) is 5.26 Å². The molecule has 0 aliphatic carbocycles. The first-order chi connectivity index (χ1) is 10.1. The molecule has 2 rings (SSSR count). The van der Waals surface area contributed by atoms with Crippen LogP contribution >= 0.6 is 11.6 Å². The van der Waals surface area contributed by atoms with Crippen molar-refractivity contribution in [2.45, 2.75) is 12.4 Å². The molecule has 1 amide bonds. The number of nitriles is 1. The Morgan fingerprint density at radius 2 is 1.90 bits per heavy atom. The van der Waals surface area contributed by atoms with E-state index < -0.39 is 0 Å². The van der Waals surface area contributed by atoms with Crippen molar-refractivity contribution in [2.75, 3.05) is 7.05 Å². The van der Waals surface area contributed by atoms with Gasteiger partial charge >= 0.3 is 0 Å². The van der Waals surface area contributed by atoms with Crippen LogP contribution in [0.3, 0.4) is 0 Å². The van der Waals surface area contributed by atoms with Crippen molar-refractivity contribution in [1.82, 2.24) is 4.90 Å². The quantitative estimate of drug-likeness (QED) is 0.810. The van der Waals surface area contributed by atoms with Gasteiger partial charge in [0.1, 0.15) is 0 Å². The molecule has 0 unspecified atom stereocenters. The van der Waals surface area contributed by atoms with Crippen molar-refractivity contribution in [2.24, 2.45) is 0 Å². The highest BCUT2D eigenvalue weighted by Crippen LogP contribution is 2.12. The number of hydrogen-bond donors (Lipinski definition) is 0.